The molecule has 0 radical (unpaired) electrons. The first-order chi connectivity index (χ1) is 14.0. The van der Waals surface area contributed by atoms with Crippen molar-refractivity contribution in [2.45, 2.75) is 32.8 Å². The molecular weight excluding hydrogens is 394 g/mol. The first kappa shape index (κ1) is 21.0. The third-order valence-electron chi connectivity index (χ3n) is 4.45. The fourth-order valence-corrected chi connectivity index (χ4v) is 4.29. The number of esters is 2. The Kier molecular flexibility index (Phi) is 7.00. The van der Waals surface area contributed by atoms with Gasteiger partial charge in [-0.05, 0) is 37.8 Å². The van der Waals surface area contributed by atoms with Crippen molar-refractivity contribution in [1.82, 2.24) is 0 Å². The summed E-state index contributed by atoms with van der Waals surface area (Å²) in [6.07, 6.45) is 0.787. The molecule has 0 unspecified atom stereocenters. The smallest absolute Gasteiger partial charge is 0.341 e. The molecule has 1 aromatic heterocycles. The molecule has 7 nitrogen and oxygen atoms in total. The van der Waals surface area contributed by atoms with Crippen LogP contribution in [0.1, 0.15) is 35.7 Å². The van der Waals surface area contributed by atoms with Crippen molar-refractivity contribution in [2.24, 2.45) is 0 Å². The van der Waals surface area contributed by atoms with Gasteiger partial charge >= 0.3 is 11.9 Å². The predicted octanol–water partition coefficient (Wildman–Crippen LogP) is 3.56. The van der Waals surface area contributed by atoms with Crippen LogP contribution in [0.15, 0.2) is 30.3 Å². The van der Waals surface area contributed by atoms with Crippen LogP contribution in [0, 0.1) is 6.92 Å². The van der Waals surface area contributed by atoms with Gasteiger partial charge in [-0.3, -0.25) is 4.79 Å². The number of carbonyl (C=O) groups excluding carboxylic acids is 3. The molecule has 1 fully saturated rings. The van der Waals surface area contributed by atoms with Crippen LogP contribution in [0.2, 0.25) is 0 Å². The highest BCUT2D eigenvalue weighted by atomic mass is 32.1. The molecule has 1 aromatic carbocycles. The van der Waals surface area contributed by atoms with E-state index in [1.54, 1.807) is 6.92 Å². The van der Waals surface area contributed by atoms with Gasteiger partial charge in [0.2, 0.25) is 0 Å². The van der Waals surface area contributed by atoms with Crippen LogP contribution in [-0.4, -0.2) is 43.8 Å². The van der Waals surface area contributed by atoms with Crippen molar-refractivity contribution in [2.75, 3.05) is 25.1 Å². The summed E-state index contributed by atoms with van der Waals surface area (Å²) >= 11 is 1.28. The summed E-state index contributed by atoms with van der Waals surface area (Å²) in [7, 11) is 0. The van der Waals surface area contributed by atoms with Crippen LogP contribution in [0.3, 0.4) is 0 Å². The second kappa shape index (κ2) is 9.67. The van der Waals surface area contributed by atoms with Crippen molar-refractivity contribution in [3.8, 4) is 10.4 Å². The summed E-state index contributed by atoms with van der Waals surface area (Å²) in [6, 6.07) is 9.58. The van der Waals surface area contributed by atoms with Crippen LogP contribution >= 0.6 is 11.3 Å². The minimum absolute atomic E-state index is 0.223. The van der Waals surface area contributed by atoms with Crippen molar-refractivity contribution in [3.05, 3.63) is 41.5 Å². The van der Waals surface area contributed by atoms with Gasteiger partial charge in [0, 0.05) is 11.5 Å². The maximum absolute atomic E-state index is 12.5. The zero-order valence-corrected chi connectivity index (χ0v) is 17.2. The van der Waals surface area contributed by atoms with Gasteiger partial charge < -0.3 is 19.5 Å². The van der Waals surface area contributed by atoms with E-state index in [0.29, 0.717) is 23.6 Å². The fourth-order valence-electron chi connectivity index (χ4n) is 3.07. The van der Waals surface area contributed by atoms with E-state index in [0.717, 1.165) is 22.4 Å². The van der Waals surface area contributed by atoms with Gasteiger partial charge in [-0.25, -0.2) is 9.59 Å². The Morgan fingerprint density at radius 2 is 1.97 bits per heavy atom. The Labute approximate surface area is 173 Å². The third-order valence-corrected chi connectivity index (χ3v) is 5.71. The zero-order chi connectivity index (χ0) is 20.8. The lowest BCUT2D eigenvalue weighted by Crippen LogP contribution is -2.27. The topological polar surface area (TPSA) is 90.9 Å². The highest BCUT2D eigenvalue weighted by molar-refractivity contribution is 7.20. The Hall–Kier alpha value is -2.71. The van der Waals surface area contributed by atoms with Gasteiger partial charge in [0.15, 0.2) is 12.7 Å². The number of benzene rings is 1. The number of anilines is 1. The number of carbonyl (C=O) groups is 3. The van der Waals surface area contributed by atoms with Crippen LogP contribution in [0.5, 0.6) is 0 Å². The fraction of sp³-hybridized carbons (Fsp3) is 0.381. The van der Waals surface area contributed by atoms with Crippen LogP contribution in [-0.2, 0) is 23.8 Å². The van der Waals surface area contributed by atoms with Crippen molar-refractivity contribution < 1.29 is 28.6 Å². The number of thiophene rings is 1. The Balaban J connectivity index is 1.76. The molecule has 1 amide bonds. The highest BCUT2D eigenvalue weighted by Gasteiger charge is 2.27. The average Bonchev–Trinajstić information content (AvgIpc) is 3.35. The Morgan fingerprint density at radius 3 is 2.62 bits per heavy atom. The largest absolute Gasteiger partial charge is 0.462 e. The third kappa shape index (κ3) is 5.02. The average molecular weight is 417 g/mol. The molecule has 0 saturated carbocycles. The number of nitrogens with one attached hydrogen (secondary N) is 1. The van der Waals surface area contributed by atoms with E-state index in [4.69, 9.17) is 14.2 Å². The normalized spacial score (nSPS) is 15.7. The van der Waals surface area contributed by atoms with Gasteiger partial charge in [-0.2, -0.15) is 0 Å². The maximum Gasteiger partial charge on any atom is 0.341 e. The van der Waals surface area contributed by atoms with E-state index in [9.17, 15) is 14.4 Å². The molecular formula is C21H23NO6S. The Bertz CT molecular complexity index is 886. The molecule has 1 saturated heterocycles. The van der Waals surface area contributed by atoms with E-state index in [1.807, 2.05) is 37.3 Å². The lowest BCUT2D eigenvalue weighted by molar-refractivity contribution is -0.156. The summed E-state index contributed by atoms with van der Waals surface area (Å²) < 4.78 is 15.4. The van der Waals surface area contributed by atoms with Crippen molar-refractivity contribution >= 4 is 34.2 Å². The molecule has 3 rings (SSSR count). The highest BCUT2D eigenvalue weighted by Crippen LogP contribution is 2.40. The number of rotatable bonds is 7. The molecule has 1 aliphatic heterocycles. The maximum atomic E-state index is 12.5. The lowest BCUT2D eigenvalue weighted by atomic mass is 10.1. The van der Waals surface area contributed by atoms with Crippen molar-refractivity contribution in [1.29, 1.82) is 0 Å². The van der Waals surface area contributed by atoms with E-state index >= 15 is 0 Å². The number of ether oxygens (including phenoxy) is 3. The summed E-state index contributed by atoms with van der Waals surface area (Å²) in [4.78, 5) is 37.6. The van der Waals surface area contributed by atoms with E-state index in [2.05, 4.69) is 5.32 Å². The number of amides is 1. The van der Waals surface area contributed by atoms with E-state index in [1.165, 1.54) is 11.3 Å². The minimum Gasteiger partial charge on any atom is -0.462 e. The first-order valence-electron chi connectivity index (χ1n) is 9.45. The van der Waals surface area contributed by atoms with Gasteiger partial charge in [0.1, 0.15) is 5.00 Å². The van der Waals surface area contributed by atoms with Crippen LogP contribution < -0.4 is 5.32 Å². The number of hydrogen-bond acceptors (Lipinski definition) is 7. The van der Waals surface area contributed by atoms with Gasteiger partial charge in [-0.15, -0.1) is 11.3 Å². The molecule has 2 heterocycles. The SMILES string of the molecule is CCOC(=O)c1c(NC(=O)COC(=O)[C@H]2CCCO2)sc(-c2ccccc2)c1C. The molecule has 0 spiro atoms. The van der Waals surface area contributed by atoms with E-state index in [-0.39, 0.29) is 6.61 Å². The monoisotopic (exact) mass is 417 g/mol. The summed E-state index contributed by atoms with van der Waals surface area (Å²) in [5, 5.41) is 3.06. The van der Waals surface area contributed by atoms with Gasteiger partial charge in [-0.1, -0.05) is 30.3 Å². The second-order valence-electron chi connectivity index (χ2n) is 6.50. The first-order valence-corrected chi connectivity index (χ1v) is 10.3. The molecule has 154 valence electrons. The predicted molar refractivity (Wildman–Crippen MR) is 109 cm³/mol. The molecule has 0 aliphatic carbocycles. The molecule has 1 aliphatic rings. The van der Waals surface area contributed by atoms with Gasteiger partial charge in [0.25, 0.3) is 5.91 Å². The lowest BCUT2D eigenvalue weighted by Gasteiger charge is -2.10. The Morgan fingerprint density at radius 1 is 1.21 bits per heavy atom. The zero-order valence-electron chi connectivity index (χ0n) is 16.4. The van der Waals surface area contributed by atoms with Crippen molar-refractivity contribution in [3.63, 3.8) is 0 Å². The number of hydrogen-bond donors (Lipinski definition) is 1. The minimum atomic E-state index is -0.605. The summed E-state index contributed by atoms with van der Waals surface area (Å²) in [5.41, 5.74) is 1.98. The van der Waals surface area contributed by atoms with Crippen LogP contribution in [0.25, 0.3) is 10.4 Å². The molecule has 8 heteroatoms. The second-order valence-corrected chi connectivity index (χ2v) is 7.52. The summed E-state index contributed by atoms with van der Waals surface area (Å²) in [6.45, 7) is 3.84. The molecule has 29 heavy (non-hydrogen) atoms. The van der Waals surface area contributed by atoms with Gasteiger partial charge in [0.05, 0.1) is 12.2 Å². The van der Waals surface area contributed by atoms with Crippen LogP contribution in [0.4, 0.5) is 5.00 Å². The molecule has 1 atom stereocenters. The quantitative estimate of drug-likeness (QED) is 0.693. The van der Waals surface area contributed by atoms with E-state index < -0.39 is 30.6 Å². The molecule has 0 bridgehead atoms. The standard InChI is InChI=1S/C21H23NO6S/c1-3-26-21(25)17-13(2)18(14-8-5-4-6-9-14)29-19(17)22-16(23)12-28-20(24)15-10-7-11-27-15/h4-6,8-9,15H,3,7,10-12H2,1-2H3,(H,22,23)/t15-/m1/s1. The molecule has 1 N–H and O–H groups in total. The molecule has 2 aromatic rings. The summed E-state index contributed by atoms with van der Waals surface area (Å²) in [5.74, 6) is -1.58.